The van der Waals surface area contributed by atoms with Gasteiger partial charge in [-0.05, 0) is 31.2 Å². The highest BCUT2D eigenvalue weighted by atomic mass is 32.2. The van der Waals surface area contributed by atoms with Gasteiger partial charge in [-0.25, -0.2) is 8.42 Å². The molecule has 0 radical (unpaired) electrons. The summed E-state index contributed by atoms with van der Waals surface area (Å²) in [7, 11) is -4.07. The fraction of sp³-hybridized carbons (Fsp3) is 0.579. The Hall–Kier alpha value is -2.02. The molecule has 1 aromatic carbocycles. The summed E-state index contributed by atoms with van der Waals surface area (Å²) in [6.45, 7) is 3.22. The third kappa shape index (κ3) is 4.92. The second-order valence-electron chi connectivity index (χ2n) is 7.30. The normalized spacial score (nSPS) is 20.1. The summed E-state index contributed by atoms with van der Waals surface area (Å²) in [5.41, 5.74) is -1.71. The summed E-state index contributed by atoms with van der Waals surface area (Å²) in [6, 6.07) is 3.70. The number of piperidine rings is 1. The lowest BCUT2D eigenvalue weighted by Gasteiger charge is -2.42. The standard InChI is InChI=1S/C19H23F3N2O6S/c1-2-29-16(25)13-23-9-7-18(8-10-23)24(11-12-30-18)31(27,28)15-5-3-14(4-6-15)17(26)19(20,21)22/h3-6H,2,7-13H2,1H3. The second-order valence-corrected chi connectivity index (χ2v) is 9.17. The maximum Gasteiger partial charge on any atom is 0.454 e. The summed E-state index contributed by atoms with van der Waals surface area (Å²) in [4.78, 5) is 24.6. The predicted molar refractivity (Wildman–Crippen MR) is 102 cm³/mol. The number of nitrogens with zero attached hydrogens (tertiary/aromatic N) is 2. The molecule has 0 atom stereocenters. The van der Waals surface area contributed by atoms with Gasteiger partial charge in [-0.15, -0.1) is 0 Å². The average Bonchev–Trinajstić information content (AvgIpc) is 3.13. The van der Waals surface area contributed by atoms with Crippen LogP contribution in [-0.2, 0) is 24.3 Å². The molecule has 0 N–H and O–H groups in total. The number of Topliss-reactive ketones (excluding diaryl/α,β-unsaturated/α-hetero) is 1. The lowest BCUT2D eigenvalue weighted by molar-refractivity contribution is -0.147. The van der Waals surface area contributed by atoms with Crippen LogP contribution >= 0.6 is 0 Å². The summed E-state index contributed by atoms with van der Waals surface area (Å²) in [5, 5.41) is 0. The summed E-state index contributed by atoms with van der Waals surface area (Å²) in [5.74, 6) is -2.39. The van der Waals surface area contributed by atoms with Gasteiger partial charge >= 0.3 is 12.1 Å². The number of hydrogen-bond donors (Lipinski definition) is 0. The Morgan fingerprint density at radius 1 is 1.13 bits per heavy atom. The number of hydrogen-bond acceptors (Lipinski definition) is 7. The molecule has 0 aliphatic carbocycles. The van der Waals surface area contributed by atoms with Gasteiger partial charge in [0.15, 0.2) is 0 Å². The van der Waals surface area contributed by atoms with Gasteiger partial charge in [-0.1, -0.05) is 0 Å². The molecule has 2 aliphatic rings. The number of carbonyl (C=O) groups excluding carboxylic acids is 2. The maximum atomic E-state index is 13.2. The molecular weight excluding hydrogens is 441 g/mol. The molecule has 12 heteroatoms. The number of ketones is 1. The maximum absolute atomic E-state index is 13.2. The third-order valence-electron chi connectivity index (χ3n) is 5.38. The average molecular weight is 464 g/mol. The fourth-order valence-corrected chi connectivity index (χ4v) is 5.57. The van der Waals surface area contributed by atoms with Crippen LogP contribution in [0.3, 0.4) is 0 Å². The Bertz CT molecular complexity index is 925. The van der Waals surface area contributed by atoms with Crippen molar-refractivity contribution in [3.63, 3.8) is 0 Å². The minimum atomic E-state index is -5.04. The molecule has 2 aliphatic heterocycles. The molecule has 31 heavy (non-hydrogen) atoms. The van der Waals surface area contributed by atoms with Crippen LogP contribution in [0.4, 0.5) is 13.2 Å². The van der Waals surface area contributed by atoms with E-state index in [1.165, 1.54) is 4.31 Å². The van der Waals surface area contributed by atoms with Gasteiger partial charge in [0.1, 0.15) is 5.72 Å². The smallest absolute Gasteiger partial charge is 0.454 e. The summed E-state index contributed by atoms with van der Waals surface area (Å²) in [6.07, 6.45) is -4.38. The van der Waals surface area contributed by atoms with E-state index < -0.39 is 33.3 Å². The van der Waals surface area contributed by atoms with Gasteiger partial charge < -0.3 is 9.47 Å². The molecule has 172 valence electrons. The van der Waals surface area contributed by atoms with Crippen LogP contribution < -0.4 is 0 Å². The Morgan fingerprint density at radius 3 is 2.29 bits per heavy atom. The van der Waals surface area contributed by atoms with E-state index in [-0.39, 0.29) is 37.2 Å². The van der Waals surface area contributed by atoms with E-state index in [0.717, 1.165) is 24.3 Å². The zero-order valence-electron chi connectivity index (χ0n) is 16.9. The molecule has 8 nitrogen and oxygen atoms in total. The fourth-order valence-electron chi connectivity index (χ4n) is 3.85. The van der Waals surface area contributed by atoms with Crippen molar-refractivity contribution in [2.45, 2.75) is 36.6 Å². The van der Waals surface area contributed by atoms with Crippen LogP contribution in [0.2, 0.25) is 0 Å². The Kier molecular flexibility index (Phi) is 6.75. The van der Waals surface area contributed by atoms with Crippen molar-refractivity contribution in [2.24, 2.45) is 0 Å². The molecule has 2 heterocycles. The minimum absolute atomic E-state index is 0.101. The molecule has 0 bridgehead atoms. The number of sulfonamides is 1. The molecule has 0 aromatic heterocycles. The molecule has 0 amide bonds. The van der Waals surface area contributed by atoms with Gasteiger partial charge in [0.05, 0.1) is 24.7 Å². The number of ether oxygens (including phenoxy) is 2. The third-order valence-corrected chi connectivity index (χ3v) is 7.34. The highest BCUT2D eigenvalue weighted by molar-refractivity contribution is 7.89. The quantitative estimate of drug-likeness (QED) is 0.468. The van der Waals surface area contributed by atoms with Crippen LogP contribution in [0.5, 0.6) is 0 Å². The van der Waals surface area contributed by atoms with E-state index in [2.05, 4.69) is 0 Å². The van der Waals surface area contributed by atoms with Crippen LogP contribution in [0.25, 0.3) is 0 Å². The monoisotopic (exact) mass is 464 g/mol. The molecular formula is C19H23F3N2O6S. The van der Waals surface area contributed by atoms with Crippen LogP contribution in [0.1, 0.15) is 30.1 Å². The van der Waals surface area contributed by atoms with E-state index >= 15 is 0 Å². The van der Waals surface area contributed by atoms with Crippen molar-refractivity contribution in [3.8, 4) is 0 Å². The zero-order chi connectivity index (χ0) is 22.9. The van der Waals surface area contributed by atoms with Crippen molar-refractivity contribution < 1.29 is 40.7 Å². The number of halogens is 3. The van der Waals surface area contributed by atoms with Crippen molar-refractivity contribution >= 4 is 21.8 Å². The van der Waals surface area contributed by atoms with Crippen molar-refractivity contribution in [3.05, 3.63) is 29.8 Å². The molecule has 2 saturated heterocycles. The van der Waals surface area contributed by atoms with Crippen molar-refractivity contribution in [2.75, 3.05) is 39.4 Å². The number of esters is 1. The van der Waals surface area contributed by atoms with Gasteiger partial charge in [-0.2, -0.15) is 17.5 Å². The number of rotatable bonds is 6. The van der Waals surface area contributed by atoms with Crippen LogP contribution in [0, 0.1) is 0 Å². The molecule has 0 saturated carbocycles. The van der Waals surface area contributed by atoms with E-state index in [1.54, 1.807) is 6.92 Å². The lowest BCUT2D eigenvalue weighted by atomic mass is 10.0. The topological polar surface area (TPSA) is 93.2 Å². The Balaban J connectivity index is 1.74. The van der Waals surface area contributed by atoms with E-state index in [9.17, 15) is 31.2 Å². The SMILES string of the molecule is CCOC(=O)CN1CCC2(CC1)OCCN2S(=O)(=O)c1ccc(C(=O)C(F)(F)F)cc1. The number of carbonyl (C=O) groups is 2. The van der Waals surface area contributed by atoms with Gasteiger partial charge in [-0.3, -0.25) is 14.5 Å². The Morgan fingerprint density at radius 2 is 1.74 bits per heavy atom. The van der Waals surface area contributed by atoms with Crippen LogP contribution in [-0.4, -0.2) is 80.7 Å². The molecule has 1 spiro atoms. The first-order chi connectivity index (χ1) is 14.5. The lowest BCUT2D eigenvalue weighted by Crippen LogP contribution is -2.55. The predicted octanol–water partition coefficient (Wildman–Crippen LogP) is 1.81. The number of alkyl halides is 3. The highest BCUT2D eigenvalue weighted by Gasteiger charge is 2.50. The van der Waals surface area contributed by atoms with E-state index in [1.807, 2.05) is 4.90 Å². The van der Waals surface area contributed by atoms with Gasteiger partial charge in [0, 0.05) is 38.0 Å². The first-order valence-electron chi connectivity index (χ1n) is 9.76. The Labute approximate surface area is 177 Å². The molecule has 2 fully saturated rings. The van der Waals surface area contributed by atoms with Gasteiger partial charge in [0.2, 0.25) is 10.0 Å². The summed E-state index contributed by atoms with van der Waals surface area (Å²) < 4.78 is 76.1. The first kappa shape index (κ1) is 23.6. The summed E-state index contributed by atoms with van der Waals surface area (Å²) >= 11 is 0. The largest absolute Gasteiger partial charge is 0.465 e. The minimum Gasteiger partial charge on any atom is -0.465 e. The molecule has 1 aromatic rings. The zero-order valence-corrected chi connectivity index (χ0v) is 17.7. The molecule has 0 unspecified atom stereocenters. The van der Waals surface area contributed by atoms with Crippen LogP contribution in [0.15, 0.2) is 29.2 Å². The second kappa shape index (κ2) is 8.85. The van der Waals surface area contributed by atoms with E-state index in [0.29, 0.717) is 25.9 Å². The van der Waals surface area contributed by atoms with E-state index in [4.69, 9.17) is 9.47 Å². The van der Waals surface area contributed by atoms with Crippen molar-refractivity contribution in [1.82, 2.24) is 9.21 Å². The highest BCUT2D eigenvalue weighted by Crippen LogP contribution is 2.38. The number of likely N-dealkylation sites (tertiary alicyclic amines) is 1. The van der Waals surface area contributed by atoms with Crippen molar-refractivity contribution in [1.29, 1.82) is 0 Å². The van der Waals surface area contributed by atoms with Gasteiger partial charge in [0.25, 0.3) is 5.78 Å². The number of benzene rings is 1. The molecule has 3 rings (SSSR count). The first-order valence-corrected chi connectivity index (χ1v) is 11.2.